The molecule has 1 amide bonds. The number of nitrogens with one attached hydrogen (secondary N) is 1. The number of rotatable bonds is 2. The Morgan fingerprint density at radius 3 is 2.67 bits per heavy atom. The molecule has 7 heteroatoms. The van der Waals surface area contributed by atoms with E-state index in [1.807, 2.05) is 0 Å². The molecule has 0 atom stereocenters. The highest BCUT2D eigenvalue weighted by Gasteiger charge is 2.15. The van der Waals surface area contributed by atoms with Crippen LogP contribution in [0, 0.1) is 18.6 Å². The van der Waals surface area contributed by atoms with Crippen molar-refractivity contribution < 1.29 is 18.1 Å². The van der Waals surface area contributed by atoms with Gasteiger partial charge in [0.2, 0.25) is 0 Å². The Bertz CT molecular complexity index is 613. The lowest BCUT2D eigenvalue weighted by molar-refractivity contribution is 0.101. The fourth-order valence-corrected chi connectivity index (χ4v) is 1.59. The van der Waals surface area contributed by atoms with Crippen molar-refractivity contribution in [1.29, 1.82) is 0 Å². The maximum Gasteiger partial charge on any atom is 0.277 e. The first-order chi connectivity index (χ1) is 8.47. The lowest BCUT2D eigenvalue weighted by Gasteiger charge is -2.05. The van der Waals surface area contributed by atoms with E-state index in [1.165, 1.54) is 6.07 Å². The maximum absolute atomic E-state index is 13.5. The molecule has 2 aromatic rings. The highest BCUT2D eigenvalue weighted by molar-refractivity contribution is 9.10. The van der Waals surface area contributed by atoms with E-state index in [4.69, 9.17) is 4.52 Å². The third kappa shape index (κ3) is 2.56. The Labute approximate surface area is 109 Å². The zero-order valence-corrected chi connectivity index (χ0v) is 10.7. The number of carbonyl (C=O) groups excluding carboxylic acids is 1. The van der Waals surface area contributed by atoms with Crippen molar-refractivity contribution in [1.82, 2.24) is 5.16 Å². The van der Waals surface area contributed by atoms with E-state index in [0.717, 1.165) is 12.1 Å². The number of aryl methyl sites for hydroxylation is 1. The number of halogens is 3. The highest BCUT2D eigenvalue weighted by Crippen LogP contribution is 2.23. The number of hydrogen-bond donors (Lipinski definition) is 1. The topological polar surface area (TPSA) is 55.1 Å². The molecule has 1 N–H and O–H groups in total. The van der Waals surface area contributed by atoms with Crippen LogP contribution in [0.5, 0.6) is 0 Å². The van der Waals surface area contributed by atoms with Crippen LogP contribution < -0.4 is 5.32 Å². The van der Waals surface area contributed by atoms with Gasteiger partial charge in [-0.05, 0) is 28.9 Å². The van der Waals surface area contributed by atoms with E-state index in [1.54, 1.807) is 6.92 Å². The summed E-state index contributed by atoms with van der Waals surface area (Å²) in [6.45, 7) is 1.61. The molecular weight excluding hydrogens is 310 g/mol. The van der Waals surface area contributed by atoms with E-state index in [0.29, 0.717) is 5.76 Å². The Hall–Kier alpha value is -1.76. The second-order valence-corrected chi connectivity index (χ2v) is 4.38. The van der Waals surface area contributed by atoms with Crippen molar-refractivity contribution in [3.05, 3.63) is 45.8 Å². The summed E-state index contributed by atoms with van der Waals surface area (Å²) in [5, 5.41) is 5.68. The van der Waals surface area contributed by atoms with Crippen molar-refractivity contribution in [2.24, 2.45) is 0 Å². The van der Waals surface area contributed by atoms with Crippen LogP contribution in [0.25, 0.3) is 0 Å². The number of anilines is 1. The van der Waals surface area contributed by atoms with Gasteiger partial charge in [-0.3, -0.25) is 4.79 Å². The van der Waals surface area contributed by atoms with Crippen LogP contribution in [0.1, 0.15) is 16.2 Å². The van der Waals surface area contributed by atoms with Gasteiger partial charge < -0.3 is 9.84 Å². The van der Waals surface area contributed by atoms with Gasteiger partial charge in [-0.15, -0.1) is 0 Å². The quantitative estimate of drug-likeness (QED) is 0.865. The van der Waals surface area contributed by atoms with Crippen molar-refractivity contribution >= 4 is 27.5 Å². The molecular formula is C11H7BrF2N2O2. The molecule has 4 nitrogen and oxygen atoms in total. The average Bonchev–Trinajstić information content (AvgIpc) is 2.73. The maximum atomic E-state index is 13.5. The number of amides is 1. The molecule has 2 rings (SSSR count). The zero-order valence-electron chi connectivity index (χ0n) is 9.13. The Morgan fingerprint density at radius 2 is 2.06 bits per heavy atom. The van der Waals surface area contributed by atoms with Gasteiger partial charge in [0.25, 0.3) is 5.91 Å². The van der Waals surface area contributed by atoms with Gasteiger partial charge in [0.1, 0.15) is 17.4 Å². The fourth-order valence-electron chi connectivity index (χ4n) is 1.28. The van der Waals surface area contributed by atoms with Crippen LogP contribution in [0.3, 0.4) is 0 Å². The summed E-state index contributed by atoms with van der Waals surface area (Å²) in [7, 11) is 0. The SMILES string of the molecule is Cc1cc(C(=O)Nc2cc(F)c(Br)cc2F)no1. The molecule has 0 spiro atoms. The molecule has 0 fully saturated rings. The van der Waals surface area contributed by atoms with Crippen molar-refractivity contribution in [2.75, 3.05) is 5.32 Å². The van der Waals surface area contributed by atoms with E-state index in [2.05, 4.69) is 26.4 Å². The van der Waals surface area contributed by atoms with E-state index < -0.39 is 17.5 Å². The van der Waals surface area contributed by atoms with Gasteiger partial charge in [-0.2, -0.15) is 0 Å². The third-order valence-electron chi connectivity index (χ3n) is 2.12. The second kappa shape index (κ2) is 4.85. The van der Waals surface area contributed by atoms with Gasteiger partial charge >= 0.3 is 0 Å². The first-order valence-corrected chi connectivity index (χ1v) is 5.66. The Balaban J connectivity index is 2.24. The summed E-state index contributed by atoms with van der Waals surface area (Å²) >= 11 is 2.84. The second-order valence-electron chi connectivity index (χ2n) is 3.52. The first-order valence-electron chi connectivity index (χ1n) is 4.86. The molecule has 0 saturated carbocycles. The largest absolute Gasteiger partial charge is 0.361 e. The lowest BCUT2D eigenvalue weighted by atomic mass is 10.2. The summed E-state index contributed by atoms with van der Waals surface area (Å²) in [6.07, 6.45) is 0. The summed E-state index contributed by atoms with van der Waals surface area (Å²) < 4.78 is 31.4. The normalized spacial score (nSPS) is 10.4. The van der Waals surface area contributed by atoms with Gasteiger partial charge in [-0.1, -0.05) is 5.16 Å². The van der Waals surface area contributed by atoms with E-state index >= 15 is 0 Å². The van der Waals surface area contributed by atoms with E-state index in [-0.39, 0.29) is 15.9 Å². The zero-order chi connectivity index (χ0) is 13.3. The predicted octanol–water partition coefficient (Wildman–Crippen LogP) is 3.28. The number of carbonyl (C=O) groups is 1. The van der Waals surface area contributed by atoms with Crippen LogP contribution in [0.15, 0.2) is 27.2 Å². The van der Waals surface area contributed by atoms with Crippen LogP contribution in [-0.2, 0) is 0 Å². The fraction of sp³-hybridized carbons (Fsp3) is 0.0909. The van der Waals surface area contributed by atoms with Crippen LogP contribution in [0.2, 0.25) is 0 Å². The van der Waals surface area contributed by atoms with Crippen LogP contribution in [-0.4, -0.2) is 11.1 Å². The minimum absolute atomic E-state index is 0.00442. The van der Waals surface area contributed by atoms with Gasteiger partial charge in [0, 0.05) is 12.1 Å². The summed E-state index contributed by atoms with van der Waals surface area (Å²) in [4.78, 5) is 11.6. The molecule has 0 unspecified atom stereocenters. The molecule has 18 heavy (non-hydrogen) atoms. The number of benzene rings is 1. The standard InChI is InChI=1S/C11H7BrF2N2O2/c1-5-2-10(16-18-5)11(17)15-9-4-7(13)6(12)3-8(9)14/h2-4H,1H3,(H,15,17). The molecule has 1 aromatic carbocycles. The van der Waals surface area contributed by atoms with Gasteiger partial charge in [-0.25, -0.2) is 8.78 Å². The van der Waals surface area contributed by atoms with Gasteiger partial charge in [0.05, 0.1) is 10.2 Å². The summed E-state index contributed by atoms with van der Waals surface area (Å²) in [5.74, 6) is -1.66. The Morgan fingerprint density at radius 1 is 1.33 bits per heavy atom. The molecule has 0 aliphatic rings. The molecule has 0 bridgehead atoms. The van der Waals surface area contributed by atoms with Crippen molar-refractivity contribution in [3.63, 3.8) is 0 Å². The molecule has 0 radical (unpaired) electrons. The van der Waals surface area contributed by atoms with E-state index in [9.17, 15) is 13.6 Å². The molecule has 0 aliphatic heterocycles. The number of aromatic nitrogens is 1. The Kier molecular flexibility index (Phi) is 3.42. The van der Waals surface area contributed by atoms with Crippen molar-refractivity contribution in [2.45, 2.75) is 6.92 Å². The van der Waals surface area contributed by atoms with Gasteiger partial charge in [0.15, 0.2) is 5.69 Å². The number of nitrogens with zero attached hydrogens (tertiary/aromatic N) is 1. The first kappa shape index (κ1) is 12.7. The summed E-state index contributed by atoms with van der Waals surface area (Å²) in [5.41, 5.74) is -0.267. The van der Waals surface area contributed by atoms with Crippen LogP contribution in [0.4, 0.5) is 14.5 Å². The molecule has 1 aromatic heterocycles. The minimum atomic E-state index is -0.753. The van der Waals surface area contributed by atoms with Crippen LogP contribution >= 0.6 is 15.9 Å². The minimum Gasteiger partial charge on any atom is -0.361 e. The molecule has 0 aliphatic carbocycles. The molecule has 1 heterocycles. The average molecular weight is 317 g/mol. The molecule has 94 valence electrons. The highest BCUT2D eigenvalue weighted by atomic mass is 79.9. The summed E-state index contributed by atoms with van der Waals surface area (Å²) in [6, 6.07) is 3.20. The van der Waals surface area contributed by atoms with Crippen molar-refractivity contribution in [3.8, 4) is 0 Å². The lowest BCUT2D eigenvalue weighted by Crippen LogP contribution is -2.13. The third-order valence-corrected chi connectivity index (χ3v) is 2.73. The number of hydrogen-bond acceptors (Lipinski definition) is 3. The smallest absolute Gasteiger partial charge is 0.277 e. The molecule has 0 saturated heterocycles. The monoisotopic (exact) mass is 316 g/mol. The predicted molar refractivity (Wildman–Crippen MR) is 63.3 cm³/mol.